The van der Waals surface area contributed by atoms with E-state index in [4.69, 9.17) is 4.74 Å². The van der Waals surface area contributed by atoms with Crippen molar-refractivity contribution in [2.75, 3.05) is 33.3 Å². The summed E-state index contributed by atoms with van der Waals surface area (Å²) >= 11 is 1.51. The van der Waals surface area contributed by atoms with E-state index in [2.05, 4.69) is 12.1 Å². The third kappa shape index (κ3) is 3.09. The lowest BCUT2D eigenvalue weighted by Gasteiger charge is -2.31. The van der Waals surface area contributed by atoms with E-state index in [0.29, 0.717) is 0 Å². The Bertz CT molecular complexity index is 587. The number of amides is 1. The number of rotatable bonds is 3. The Hall–Kier alpha value is -1.85. The van der Waals surface area contributed by atoms with E-state index in [1.165, 1.54) is 21.9 Å². The van der Waals surface area contributed by atoms with E-state index in [9.17, 15) is 4.79 Å². The molecular weight excluding hydrogens is 284 g/mol. The number of ether oxygens (including phenoxy) is 1. The lowest BCUT2D eigenvalue weighted by molar-refractivity contribution is -0.837. The minimum Gasteiger partial charge on any atom is -0.497 e. The van der Waals surface area contributed by atoms with Crippen LogP contribution in [0.1, 0.15) is 9.67 Å². The van der Waals surface area contributed by atoms with Crippen LogP contribution in [-0.4, -0.2) is 44.1 Å². The van der Waals surface area contributed by atoms with Crippen molar-refractivity contribution in [1.82, 2.24) is 4.90 Å². The van der Waals surface area contributed by atoms with Gasteiger partial charge in [0.15, 0.2) is 0 Å². The molecule has 1 aromatic carbocycles. The summed E-state index contributed by atoms with van der Waals surface area (Å²) in [6, 6.07) is 12.0. The van der Waals surface area contributed by atoms with Crippen LogP contribution in [0.15, 0.2) is 41.8 Å². The first-order valence-corrected chi connectivity index (χ1v) is 7.98. The minimum absolute atomic E-state index is 0.166. The van der Waals surface area contributed by atoms with Crippen LogP contribution in [0.2, 0.25) is 0 Å². The molecular formula is C16H19N2O2S+. The highest BCUT2D eigenvalue weighted by atomic mass is 32.1. The van der Waals surface area contributed by atoms with Crippen molar-refractivity contribution < 1.29 is 14.4 Å². The van der Waals surface area contributed by atoms with E-state index in [1.807, 2.05) is 34.5 Å². The summed E-state index contributed by atoms with van der Waals surface area (Å²) < 4.78 is 5.19. The van der Waals surface area contributed by atoms with Crippen LogP contribution in [0.3, 0.4) is 0 Å². The van der Waals surface area contributed by atoms with Gasteiger partial charge in [0.25, 0.3) is 5.91 Å². The molecule has 5 heteroatoms. The molecule has 1 amide bonds. The number of hydrogen-bond acceptors (Lipinski definition) is 3. The van der Waals surface area contributed by atoms with Gasteiger partial charge in [0, 0.05) is 12.1 Å². The van der Waals surface area contributed by atoms with Crippen molar-refractivity contribution in [1.29, 1.82) is 0 Å². The Balaban J connectivity index is 1.60. The number of thiophene rings is 1. The van der Waals surface area contributed by atoms with Gasteiger partial charge in [0.1, 0.15) is 11.4 Å². The fourth-order valence-electron chi connectivity index (χ4n) is 2.65. The lowest BCUT2D eigenvalue weighted by atomic mass is 10.2. The Morgan fingerprint density at radius 1 is 1.19 bits per heavy atom. The molecule has 2 heterocycles. The van der Waals surface area contributed by atoms with Crippen LogP contribution < -0.4 is 9.64 Å². The van der Waals surface area contributed by atoms with Crippen LogP contribution >= 0.6 is 11.3 Å². The number of piperazine rings is 1. The van der Waals surface area contributed by atoms with Crippen LogP contribution in [0.5, 0.6) is 5.75 Å². The van der Waals surface area contributed by atoms with E-state index < -0.39 is 0 Å². The van der Waals surface area contributed by atoms with Crippen molar-refractivity contribution in [2.45, 2.75) is 0 Å². The highest BCUT2D eigenvalue weighted by Crippen LogP contribution is 2.14. The molecule has 0 saturated carbocycles. The van der Waals surface area contributed by atoms with E-state index in [1.54, 1.807) is 7.11 Å². The quantitative estimate of drug-likeness (QED) is 0.931. The molecule has 1 aliphatic heterocycles. The highest BCUT2D eigenvalue weighted by Gasteiger charge is 2.25. The Morgan fingerprint density at radius 3 is 2.48 bits per heavy atom. The molecule has 0 bridgehead atoms. The van der Waals surface area contributed by atoms with Crippen LogP contribution in [0.25, 0.3) is 0 Å². The van der Waals surface area contributed by atoms with Crippen molar-refractivity contribution in [3.63, 3.8) is 0 Å². The minimum atomic E-state index is 0.166. The number of hydrogen-bond donors (Lipinski definition) is 1. The Morgan fingerprint density at radius 2 is 1.90 bits per heavy atom. The van der Waals surface area contributed by atoms with Gasteiger partial charge in [-0.15, -0.1) is 11.3 Å². The van der Waals surface area contributed by atoms with Crippen molar-refractivity contribution in [3.8, 4) is 5.75 Å². The maximum atomic E-state index is 12.3. The van der Waals surface area contributed by atoms with Gasteiger partial charge in [-0.3, -0.25) is 9.69 Å². The van der Waals surface area contributed by atoms with Gasteiger partial charge in [0.2, 0.25) is 0 Å². The summed E-state index contributed by atoms with van der Waals surface area (Å²) in [6.07, 6.45) is 0. The first-order chi connectivity index (χ1) is 10.3. The zero-order valence-electron chi connectivity index (χ0n) is 12.0. The molecule has 0 spiro atoms. The molecule has 2 aromatic rings. The van der Waals surface area contributed by atoms with Gasteiger partial charge < -0.3 is 9.64 Å². The van der Waals surface area contributed by atoms with Crippen molar-refractivity contribution >= 4 is 22.9 Å². The number of nitrogens with one attached hydrogen (secondary N) is 1. The summed E-state index contributed by atoms with van der Waals surface area (Å²) in [6.45, 7) is 3.50. The zero-order chi connectivity index (χ0) is 14.7. The molecule has 1 fully saturated rings. The molecule has 0 aliphatic carbocycles. The van der Waals surface area contributed by atoms with Gasteiger partial charge in [-0.2, -0.15) is 0 Å². The second-order valence-electron chi connectivity index (χ2n) is 5.10. The van der Waals surface area contributed by atoms with Crippen LogP contribution in [-0.2, 0) is 0 Å². The van der Waals surface area contributed by atoms with Gasteiger partial charge in [0.05, 0.1) is 38.2 Å². The standard InChI is InChI=1S/C16H18N2O2S/c1-20-14-6-4-13(5-7-14)17-8-10-18(11-9-17)16(19)15-3-2-12-21-15/h2-7,12H,8-11H2,1H3/p+1. The fraction of sp³-hybridized carbons (Fsp3) is 0.312. The van der Waals surface area contributed by atoms with Crippen molar-refractivity contribution in [2.24, 2.45) is 0 Å². The predicted octanol–water partition coefficient (Wildman–Crippen LogP) is 1.43. The number of methoxy groups -OCH3 is 1. The third-order valence-electron chi connectivity index (χ3n) is 3.88. The summed E-state index contributed by atoms with van der Waals surface area (Å²) in [5, 5.41) is 1.95. The number of nitrogens with zero attached hydrogens (tertiary/aromatic N) is 1. The second kappa shape index (κ2) is 6.28. The summed E-state index contributed by atoms with van der Waals surface area (Å²) in [4.78, 5) is 16.5. The van der Waals surface area contributed by atoms with Crippen molar-refractivity contribution in [3.05, 3.63) is 46.7 Å². The van der Waals surface area contributed by atoms with E-state index in [0.717, 1.165) is 36.8 Å². The van der Waals surface area contributed by atoms with Gasteiger partial charge in [-0.1, -0.05) is 6.07 Å². The second-order valence-corrected chi connectivity index (χ2v) is 6.05. The van der Waals surface area contributed by atoms with Gasteiger partial charge in [-0.05, 0) is 23.6 Å². The SMILES string of the molecule is COc1ccc([NH+]2CCN(C(=O)c3cccs3)CC2)cc1. The smallest absolute Gasteiger partial charge is 0.264 e. The number of benzene rings is 1. The van der Waals surface area contributed by atoms with Gasteiger partial charge in [-0.25, -0.2) is 0 Å². The third-order valence-corrected chi connectivity index (χ3v) is 4.74. The number of carbonyl (C=O) groups excluding carboxylic acids is 1. The topological polar surface area (TPSA) is 34.0 Å². The average Bonchev–Trinajstić information content (AvgIpc) is 3.09. The molecule has 0 unspecified atom stereocenters. The zero-order valence-corrected chi connectivity index (χ0v) is 12.9. The first kappa shape index (κ1) is 14.1. The molecule has 21 heavy (non-hydrogen) atoms. The maximum absolute atomic E-state index is 12.3. The fourth-order valence-corrected chi connectivity index (χ4v) is 3.34. The molecule has 1 aromatic heterocycles. The predicted molar refractivity (Wildman–Crippen MR) is 83.6 cm³/mol. The summed E-state index contributed by atoms with van der Waals surface area (Å²) in [5.74, 6) is 1.04. The Labute approximate surface area is 128 Å². The lowest BCUT2D eigenvalue weighted by Crippen LogP contribution is -3.10. The molecule has 0 radical (unpaired) electrons. The summed E-state index contributed by atoms with van der Waals surface area (Å²) in [5.41, 5.74) is 1.26. The maximum Gasteiger partial charge on any atom is 0.264 e. The number of carbonyl (C=O) groups is 1. The largest absolute Gasteiger partial charge is 0.497 e. The monoisotopic (exact) mass is 303 g/mol. The first-order valence-electron chi connectivity index (χ1n) is 7.10. The Kier molecular flexibility index (Phi) is 4.22. The molecule has 110 valence electrons. The van der Waals surface area contributed by atoms with Gasteiger partial charge >= 0.3 is 0 Å². The molecule has 0 atom stereocenters. The summed E-state index contributed by atoms with van der Waals surface area (Å²) in [7, 11) is 1.68. The molecule has 1 N–H and O–H groups in total. The normalized spacial score (nSPS) is 16.0. The molecule has 1 aliphatic rings. The highest BCUT2D eigenvalue weighted by molar-refractivity contribution is 7.12. The average molecular weight is 303 g/mol. The van der Waals surface area contributed by atoms with Crippen LogP contribution in [0, 0.1) is 0 Å². The molecule has 1 saturated heterocycles. The van der Waals surface area contributed by atoms with E-state index >= 15 is 0 Å². The number of quaternary nitrogens is 1. The molecule has 4 nitrogen and oxygen atoms in total. The molecule has 3 rings (SSSR count). The van der Waals surface area contributed by atoms with Crippen LogP contribution in [0.4, 0.5) is 5.69 Å². The van der Waals surface area contributed by atoms with E-state index in [-0.39, 0.29) is 5.91 Å².